The first-order valence-electron chi connectivity index (χ1n) is 6.56. The number of hydrogen-bond acceptors (Lipinski definition) is 4. The van der Waals surface area contributed by atoms with Crippen molar-refractivity contribution in [3.63, 3.8) is 0 Å². The third-order valence-corrected chi connectivity index (χ3v) is 3.24. The Balaban J connectivity index is 2.02. The summed E-state index contributed by atoms with van der Waals surface area (Å²) in [5.74, 6) is 0.455. The van der Waals surface area contributed by atoms with Crippen LogP contribution in [0, 0.1) is 5.82 Å². The molecule has 0 aliphatic heterocycles. The minimum Gasteiger partial charge on any atom is -0.482 e. The molecule has 2 N–H and O–H groups in total. The first-order chi connectivity index (χ1) is 10.1. The quantitative estimate of drug-likeness (QED) is 0.799. The number of rotatable bonds is 3. The van der Waals surface area contributed by atoms with Gasteiger partial charge in [0.25, 0.3) is 0 Å². The van der Waals surface area contributed by atoms with Gasteiger partial charge in [-0.25, -0.2) is 9.37 Å². The van der Waals surface area contributed by atoms with Gasteiger partial charge in [-0.3, -0.25) is 4.98 Å². The van der Waals surface area contributed by atoms with E-state index in [1.54, 1.807) is 30.6 Å². The van der Waals surface area contributed by atoms with Crippen LogP contribution >= 0.6 is 0 Å². The fourth-order valence-corrected chi connectivity index (χ4v) is 2.25. The average Bonchev–Trinajstić information content (AvgIpc) is 2.48. The zero-order valence-corrected chi connectivity index (χ0v) is 11.5. The van der Waals surface area contributed by atoms with Crippen LogP contribution in [0.15, 0.2) is 48.8 Å². The van der Waals surface area contributed by atoms with E-state index in [1.165, 1.54) is 12.1 Å². The molecule has 0 saturated heterocycles. The minimum atomic E-state index is -0.399. The number of hydrogen-bond donors (Lipinski definition) is 1. The molecule has 3 aromatic rings. The predicted molar refractivity (Wildman–Crippen MR) is 79.4 cm³/mol. The van der Waals surface area contributed by atoms with E-state index in [9.17, 15) is 4.39 Å². The topological polar surface area (TPSA) is 61.0 Å². The lowest BCUT2D eigenvalue weighted by molar-refractivity contribution is 0.228. The highest BCUT2D eigenvalue weighted by atomic mass is 19.1. The molecule has 0 fully saturated rings. The van der Waals surface area contributed by atoms with Crippen LogP contribution in [0.4, 0.5) is 10.2 Å². The molecule has 2 heterocycles. The van der Waals surface area contributed by atoms with Gasteiger partial charge in [0.05, 0.1) is 5.52 Å². The van der Waals surface area contributed by atoms with Crippen molar-refractivity contribution in [3.05, 3.63) is 60.2 Å². The maximum Gasteiger partial charge on any atom is 0.166 e. The lowest BCUT2D eigenvalue weighted by atomic mass is 10.1. The zero-order chi connectivity index (χ0) is 14.8. The highest BCUT2D eigenvalue weighted by molar-refractivity contribution is 5.82. The third kappa shape index (κ3) is 2.63. The maximum atomic E-state index is 13.8. The number of nitrogens with zero attached hydrogens (tertiary/aromatic N) is 2. The van der Waals surface area contributed by atoms with Crippen LogP contribution in [-0.4, -0.2) is 9.97 Å². The van der Waals surface area contributed by atoms with Crippen molar-refractivity contribution < 1.29 is 9.13 Å². The molecular formula is C16H14FN3O. The Morgan fingerprint density at radius 2 is 1.90 bits per heavy atom. The van der Waals surface area contributed by atoms with Gasteiger partial charge in [-0.2, -0.15) is 0 Å². The lowest BCUT2D eigenvalue weighted by Crippen LogP contribution is -2.07. The summed E-state index contributed by atoms with van der Waals surface area (Å²) >= 11 is 0. The van der Waals surface area contributed by atoms with Gasteiger partial charge in [-0.05, 0) is 37.3 Å². The molecule has 3 rings (SSSR count). The Morgan fingerprint density at radius 1 is 1.14 bits per heavy atom. The number of halogens is 1. The summed E-state index contributed by atoms with van der Waals surface area (Å²) in [5, 5.41) is 0.738. The molecule has 0 aliphatic rings. The van der Waals surface area contributed by atoms with Gasteiger partial charge in [-0.1, -0.05) is 6.07 Å². The number of nitrogens with two attached hydrogens (primary N) is 1. The first-order valence-corrected chi connectivity index (χ1v) is 6.56. The monoisotopic (exact) mass is 283 g/mol. The number of anilines is 1. The predicted octanol–water partition coefficient (Wildman–Crippen LogP) is 3.49. The van der Waals surface area contributed by atoms with Gasteiger partial charge in [0, 0.05) is 23.3 Å². The second-order valence-electron chi connectivity index (χ2n) is 4.72. The highest BCUT2D eigenvalue weighted by Crippen LogP contribution is 2.29. The Kier molecular flexibility index (Phi) is 3.39. The Morgan fingerprint density at radius 3 is 2.71 bits per heavy atom. The number of pyridine rings is 2. The summed E-state index contributed by atoms with van der Waals surface area (Å²) < 4.78 is 19.6. The van der Waals surface area contributed by atoms with E-state index < -0.39 is 6.10 Å². The van der Waals surface area contributed by atoms with Gasteiger partial charge in [0.2, 0.25) is 0 Å². The van der Waals surface area contributed by atoms with Crippen LogP contribution < -0.4 is 10.5 Å². The van der Waals surface area contributed by atoms with Gasteiger partial charge < -0.3 is 10.5 Å². The van der Waals surface area contributed by atoms with Crippen LogP contribution in [0.3, 0.4) is 0 Å². The lowest BCUT2D eigenvalue weighted by Gasteiger charge is -2.17. The second-order valence-corrected chi connectivity index (χ2v) is 4.72. The SMILES string of the molecule is CC(Oc1cccnc1N)c1cc(F)cc2cccnc12. The molecule has 0 bridgehead atoms. The second kappa shape index (κ2) is 5.36. The molecule has 2 aromatic heterocycles. The van der Waals surface area contributed by atoms with Crippen molar-refractivity contribution in [1.82, 2.24) is 9.97 Å². The van der Waals surface area contributed by atoms with Crippen LogP contribution in [-0.2, 0) is 0 Å². The minimum absolute atomic E-state index is 0.304. The van der Waals surface area contributed by atoms with Crippen LogP contribution in [0.1, 0.15) is 18.6 Å². The van der Waals surface area contributed by atoms with Crippen LogP contribution in [0.5, 0.6) is 5.75 Å². The number of nitrogen functional groups attached to an aromatic ring is 1. The fraction of sp³-hybridized carbons (Fsp3) is 0.125. The molecule has 0 saturated carbocycles. The van der Waals surface area contributed by atoms with Crippen LogP contribution in [0.2, 0.25) is 0 Å². The molecule has 1 unspecified atom stereocenters. The fourth-order valence-electron chi connectivity index (χ4n) is 2.25. The molecule has 1 aromatic carbocycles. The van der Waals surface area contributed by atoms with E-state index in [-0.39, 0.29) is 5.82 Å². The van der Waals surface area contributed by atoms with Crippen LogP contribution in [0.25, 0.3) is 10.9 Å². The van der Waals surface area contributed by atoms with E-state index in [1.807, 2.05) is 13.0 Å². The van der Waals surface area contributed by atoms with Crippen molar-refractivity contribution in [3.8, 4) is 5.75 Å². The maximum absolute atomic E-state index is 13.8. The summed E-state index contributed by atoms with van der Waals surface area (Å²) in [4.78, 5) is 8.28. The molecule has 106 valence electrons. The van der Waals surface area contributed by atoms with Crippen molar-refractivity contribution in [1.29, 1.82) is 0 Å². The Bertz CT molecular complexity index is 791. The number of benzene rings is 1. The third-order valence-electron chi connectivity index (χ3n) is 3.24. The molecule has 5 heteroatoms. The van der Waals surface area contributed by atoms with E-state index in [0.29, 0.717) is 22.6 Å². The summed E-state index contributed by atoms with van der Waals surface area (Å²) in [6.07, 6.45) is 2.87. The number of ether oxygens (including phenoxy) is 1. The molecule has 0 aliphatic carbocycles. The molecule has 0 amide bonds. The van der Waals surface area contributed by atoms with Crippen molar-refractivity contribution in [2.45, 2.75) is 13.0 Å². The summed E-state index contributed by atoms with van der Waals surface area (Å²) in [7, 11) is 0. The number of fused-ring (bicyclic) bond motifs is 1. The molecule has 0 radical (unpaired) electrons. The molecule has 21 heavy (non-hydrogen) atoms. The summed E-state index contributed by atoms with van der Waals surface area (Å²) in [5.41, 5.74) is 7.16. The van der Waals surface area contributed by atoms with Gasteiger partial charge in [0.15, 0.2) is 11.6 Å². The highest BCUT2D eigenvalue weighted by Gasteiger charge is 2.15. The Labute approximate surface area is 121 Å². The summed E-state index contributed by atoms with van der Waals surface area (Å²) in [6, 6.07) is 9.95. The number of aromatic nitrogens is 2. The van der Waals surface area contributed by atoms with E-state index in [4.69, 9.17) is 10.5 Å². The van der Waals surface area contributed by atoms with E-state index in [2.05, 4.69) is 9.97 Å². The van der Waals surface area contributed by atoms with Gasteiger partial charge >= 0.3 is 0 Å². The molecule has 0 spiro atoms. The Hall–Kier alpha value is -2.69. The van der Waals surface area contributed by atoms with Crippen molar-refractivity contribution in [2.75, 3.05) is 5.73 Å². The standard InChI is InChI=1S/C16H14FN3O/c1-10(21-14-5-3-7-20-16(14)18)13-9-12(17)8-11-4-2-6-19-15(11)13/h2-10H,1H3,(H2,18,20). The largest absolute Gasteiger partial charge is 0.482 e. The molecule has 4 nitrogen and oxygen atoms in total. The average molecular weight is 283 g/mol. The van der Waals surface area contributed by atoms with Crippen molar-refractivity contribution in [2.24, 2.45) is 0 Å². The molecule has 1 atom stereocenters. The van der Waals surface area contributed by atoms with E-state index in [0.717, 1.165) is 5.39 Å². The molecular weight excluding hydrogens is 269 g/mol. The van der Waals surface area contributed by atoms with E-state index >= 15 is 0 Å². The first kappa shape index (κ1) is 13.3. The van der Waals surface area contributed by atoms with Crippen molar-refractivity contribution >= 4 is 16.7 Å². The van der Waals surface area contributed by atoms with Gasteiger partial charge in [0.1, 0.15) is 11.9 Å². The smallest absolute Gasteiger partial charge is 0.166 e. The summed E-state index contributed by atoms with van der Waals surface area (Å²) in [6.45, 7) is 1.83. The zero-order valence-electron chi connectivity index (χ0n) is 11.5. The normalized spacial score (nSPS) is 12.3. The van der Waals surface area contributed by atoms with Gasteiger partial charge in [-0.15, -0.1) is 0 Å².